The third kappa shape index (κ3) is 8.56. The van der Waals surface area contributed by atoms with Gasteiger partial charge in [0.05, 0.1) is 19.8 Å². The van der Waals surface area contributed by atoms with E-state index in [0.29, 0.717) is 19.8 Å². The number of nitrogens with one attached hydrogen (secondary N) is 2. The number of rotatable bonds is 13. The third-order valence-electron chi connectivity index (χ3n) is 4.83. The molecule has 0 radical (unpaired) electrons. The maximum absolute atomic E-state index is 5.56. The number of ether oxygens (including phenoxy) is 2. The summed E-state index contributed by atoms with van der Waals surface area (Å²) in [4.78, 5) is 4.25. The summed E-state index contributed by atoms with van der Waals surface area (Å²) < 4.78 is 13.3. The number of hydrogen-bond acceptors (Lipinski definition) is 5. The largest absolute Gasteiger partial charge is 0.379 e. The van der Waals surface area contributed by atoms with Gasteiger partial charge in [-0.05, 0) is 25.7 Å². The average Bonchev–Trinajstić information content (AvgIpc) is 2.94. The van der Waals surface area contributed by atoms with Gasteiger partial charge in [-0.1, -0.05) is 19.8 Å². The molecule has 0 fully saturated rings. The van der Waals surface area contributed by atoms with E-state index in [9.17, 15) is 0 Å². The van der Waals surface area contributed by atoms with Crippen LogP contribution in [-0.4, -0.2) is 67.3 Å². The van der Waals surface area contributed by atoms with Gasteiger partial charge in [-0.15, -0.1) is 10.2 Å². The number of hydrogen-bond donors (Lipinski definition) is 2. The zero-order chi connectivity index (χ0) is 19.9. The molecule has 0 bridgehead atoms. The molecule has 1 aliphatic rings. The van der Waals surface area contributed by atoms with E-state index in [1.54, 1.807) is 7.05 Å². The molecule has 0 saturated carbocycles. The van der Waals surface area contributed by atoms with Crippen molar-refractivity contribution in [3.63, 3.8) is 0 Å². The number of aromatic nitrogens is 3. The molecule has 0 atom stereocenters. The Morgan fingerprint density at radius 2 is 1.82 bits per heavy atom. The van der Waals surface area contributed by atoms with E-state index in [1.165, 1.54) is 19.3 Å². The van der Waals surface area contributed by atoms with Crippen LogP contribution in [0, 0.1) is 0 Å². The molecule has 1 aromatic heterocycles. The van der Waals surface area contributed by atoms with Crippen molar-refractivity contribution in [2.75, 3.05) is 46.6 Å². The molecular weight excluding hydrogens is 356 g/mol. The lowest BCUT2D eigenvalue weighted by molar-refractivity contribution is 0.0487. The van der Waals surface area contributed by atoms with Crippen molar-refractivity contribution in [1.82, 2.24) is 25.4 Å². The van der Waals surface area contributed by atoms with Gasteiger partial charge in [0.15, 0.2) is 5.96 Å². The van der Waals surface area contributed by atoms with Gasteiger partial charge in [0.2, 0.25) is 0 Å². The zero-order valence-electron chi connectivity index (χ0n) is 17.7. The smallest absolute Gasteiger partial charge is 0.191 e. The summed E-state index contributed by atoms with van der Waals surface area (Å²) in [5, 5.41) is 15.4. The Morgan fingerprint density at radius 1 is 1.00 bits per heavy atom. The molecule has 28 heavy (non-hydrogen) atoms. The summed E-state index contributed by atoms with van der Waals surface area (Å²) in [5.74, 6) is 3.09. The fourth-order valence-electron chi connectivity index (χ4n) is 3.21. The molecule has 1 aromatic rings. The van der Waals surface area contributed by atoms with Gasteiger partial charge in [-0.3, -0.25) is 4.99 Å². The number of guanidine groups is 1. The highest BCUT2D eigenvalue weighted by atomic mass is 16.5. The Morgan fingerprint density at radius 3 is 2.64 bits per heavy atom. The molecule has 0 amide bonds. The molecule has 0 aromatic carbocycles. The molecule has 2 rings (SSSR count). The van der Waals surface area contributed by atoms with Crippen LogP contribution in [0.4, 0.5) is 0 Å². The second kappa shape index (κ2) is 14.3. The van der Waals surface area contributed by atoms with Gasteiger partial charge >= 0.3 is 0 Å². The van der Waals surface area contributed by atoms with Crippen molar-refractivity contribution in [3.8, 4) is 0 Å². The number of fused-ring (bicyclic) bond motifs is 1. The second-order valence-corrected chi connectivity index (χ2v) is 7.10. The molecule has 1 aliphatic heterocycles. The van der Waals surface area contributed by atoms with Gasteiger partial charge in [0.25, 0.3) is 0 Å². The highest BCUT2D eigenvalue weighted by Crippen LogP contribution is 2.15. The van der Waals surface area contributed by atoms with Crippen LogP contribution in [0.15, 0.2) is 4.99 Å². The van der Waals surface area contributed by atoms with E-state index in [0.717, 1.165) is 76.0 Å². The van der Waals surface area contributed by atoms with Crippen LogP contribution in [0.2, 0.25) is 0 Å². The molecule has 0 unspecified atom stereocenters. The summed E-state index contributed by atoms with van der Waals surface area (Å²) >= 11 is 0. The van der Waals surface area contributed by atoms with Crippen molar-refractivity contribution < 1.29 is 9.47 Å². The van der Waals surface area contributed by atoms with Crippen LogP contribution in [-0.2, 0) is 28.9 Å². The number of aliphatic imine (C=N–C) groups is 1. The van der Waals surface area contributed by atoms with Gasteiger partial charge < -0.3 is 24.7 Å². The molecular formula is C20H38N6O2. The number of aryl methyl sites for hydroxylation is 2. The normalized spacial score (nSPS) is 14.6. The van der Waals surface area contributed by atoms with Gasteiger partial charge in [-0.25, -0.2) is 0 Å². The molecule has 2 N–H and O–H groups in total. The lowest BCUT2D eigenvalue weighted by atomic mass is 10.2. The SMILES string of the molecule is CCCCOCCOCCNC(=NC)NCCCc1nnc2n1CCCCC2. The highest BCUT2D eigenvalue weighted by Gasteiger charge is 2.14. The average molecular weight is 395 g/mol. The predicted molar refractivity (Wildman–Crippen MR) is 112 cm³/mol. The molecule has 0 aliphatic carbocycles. The molecule has 2 heterocycles. The summed E-state index contributed by atoms with van der Waals surface area (Å²) in [6, 6.07) is 0. The summed E-state index contributed by atoms with van der Waals surface area (Å²) in [7, 11) is 1.79. The van der Waals surface area contributed by atoms with E-state index >= 15 is 0 Å². The summed E-state index contributed by atoms with van der Waals surface area (Å²) in [6.45, 7) is 7.59. The van der Waals surface area contributed by atoms with Gasteiger partial charge in [-0.2, -0.15) is 0 Å². The maximum atomic E-state index is 5.56. The fourth-order valence-corrected chi connectivity index (χ4v) is 3.21. The summed E-state index contributed by atoms with van der Waals surface area (Å²) in [6.07, 6.45) is 9.05. The van der Waals surface area contributed by atoms with Crippen LogP contribution in [0.5, 0.6) is 0 Å². The van der Waals surface area contributed by atoms with E-state index in [-0.39, 0.29) is 0 Å². The lowest BCUT2D eigenvalue weighted by Gasteiger charge is -2.12. The van der Waals surface area contributed by atoms with Crippen LogP contribution < -0.4 is 10.6 Å². The van der Waals surface area contributed by atoms with Crippen molar-refractivity contribution in [1.29, 1.82) is 0 Å². The summed E-state index contributed by atoms with van der Waals surface area (Å²) in [5.41, 5.74) is 0. The van der Waals surface area contributed by atoms with Crippen molar-refractivity contribution in [2.24, 2.45) is 4.99 Å². The van der Waals surface area contributed by atoms with E-state index < -0.39 is 0 Å². The first-order valence-corrected chi connectivity index (χ1v) is 10.9. The van der Waals surface area contributed by atoms with Crippen LogP contribution in [0.1, 0.15) is 57.1 Å². The molecule has 0 spiro atoms. The first kappa shape index (κ1) is 22.6. The Bertz CT molecular complexity index is 561. The number of nitrogens with zero attached hydrogens (tertiary/aromatic N) is 4. The Labute approximate surface area is 169 Å². The second-order valence-electron chi connectivity index (χ2n) is 7.10. The molecule has 8 nitrogen and oxygen atoms in total. The maximum Gasteiger partial charge on any atom is 0.191 e. The van der Waals surface area contributed by atoms with E-state index in [2.05, 4.69) is 37.3 Å². The first-order valence-electron chi connectivity index (χ1n) is 10.9. The minimum Gasteiger partial charge on any atom is -0.379 e. The fraction of sp³-hybridized carbons (Fsp3) is 0.850. The molecule has 160 valence electrons. The zero-order valence-corrected chi connectivity index (χ0v) is 17.7. The van der Waals surface area contributed by atoms with Crippen LogP contribution >= 0.6 is 0 Å². The lowest BCUT2D eigenvalue weighted by Crippen LogP contribution is -2.39. The van der Waals surface area contributed by atoms with Crippen LogP contribution in [0.25, 0.3) is 0 Å². The molecule has 8 heteroatoms. The van der Waals surface area contributed by atoms with Gasteiger partial charge in [0.1, 0.15) is 11.6 Å². The Kier molecular flexibility index (Phi) is 11.6. The van der Waals surface area contributed by atoms with Gasteiger partial charge in [0, 0.05) is 46.1 Å². The quantitative estimate of drug-likeness (QED) is 0.302. The predicted octanol–water partition coefficient (Wildman–Crippen LogP) is 1.94. The van der Waals surface area contributed by atoms with E-state index in [4.69, 9.17) is 9.47 Å². The minimum atomic E-state index is 0.639. The Balaban J connectivity index is 1.51. The van der Waals surface area contributed by atoms with Crippen molar-refractivity contribution in [3.05, 3.63) is 11.6 Å². The first-order chi connectivity index (χ1) is 13.8. The van der Waals surface area contributed by atoms with E-state index in [1.807, 2.05) is 0 Å². The third-order valence-corrected chi connectivity index (χ3v) is 4.83. The standard InChI is InChI=1S/C20H38N6O2/c1-3-4-14-27-16-17-28-15-12-23-20(21-2)22-11-8-10-19-25-24-18-9-6-5-7-13-26(18)19/h3-17H2,1-2H3,(H2,21,22,23). The highest BCUT2D eigenvalue weighted by molar-refractivity contribution is 5.79. The minimum absolute atomic E-state index is 0.639. The van der Waals surface area contributed by atoms with Crippen molar-refractivity contribution in [2.45, 2.75) is 64.8 Å². The molecule has 0 saturated heterocycles. The monoisotopic (exact) mass is 394 g/mol. The van der Waals surface area contributed by atoms with Crippen molar-refractivity contribution >= 4 is 5.96 Å². The van der Waals surface area contributed by atoms with Crippen LogP contribution in [0.3, 0.4) is 0 Å². The Hall–Kier alpha value is -1.67. The topological polar surface area (TPSA) is 85.6 Å². The number of unbranched alkanes of at least 4 members (excludes halogenated alkanes) is 1.